The Labute approximate surface area is 113 Å². The predicted molar refractivity (Wildman–Crippen MR) is 74.9 cm³/mol. The van der Waals surface area contributed by atoms with Crippen molar-refractivity contribution in [3.05, 3.63) is 58.2 Å². The Morgan fingerprint density at radius 3 is 2.89 bits per heavy atom. The van der Waals surface area contributed by atoms with Crippen LogP contribution in [0.25, 0.3) is 10.9 Å². The van der Waals surface area contributed by atoms with Gasteiger partial charge in [-0.15, -0.1) is 0 Å². The molecule has 0 aliphatic heterocycles. The molecule has 0 bridgehead atoms. The van der Waals surface area contributed by atoms with Crippen molar-refractivity contribution in [2.45, 2.75) is 0 Å². The molecule has 2 heterocycles. The minimum Gasteiger partial charge on any atom is -0.337 e. The van der Waals surface area contributed by atoms with Crippen LogP contribution in [-0.4, -0.2) is 15.0 Å². The topological polar surface area (TPSA) is 70.7 Å². The lowest BCUT2D eigenvalue weighted by atomic mass is 10.2. The lowest BCUT2D eigenvalue weighted by molar-refractivity contribution is 1.12. The summed E-state index contributed by atoms with van der Waals surface area (Å²) in [6.07, 6.45) is 3.01. The molecule has 6 heteroatoms. The van der Waals surface area contributed by atoms with Crippen molar-refractivity contribution in [2.75, 3.05) is 5.32 Å². The van der Waals surface area contributed by atoms with Gasteiger partial charge in [-0.05, 0) is 12.1 Å². The summed E-state index contributed by atoms with van der Waals surface area (Å²) in [5.74, 6) is 0.309. The second-order valence-corrected chi connectivity index (χ2v) is 4.28. The standard InChI is InChI=1S/C13H9ClN4O/c14-10-12(16-7-17-13(10)19)18-9-5-1-3-8-4-2-6-15-11(8)9/h1-7H,(H2,16,17,18,19). The number of hydrogen-bond acceptors (Lipinski definition) is 4. The van der Waals surface area contributed by atoms with Crippen molar-refractivity contribution in [3.63, 3.8) is 0 Å². The second kappa shape index (κ2) is 4.70. The average molecular weight is 273 g/mol. The van der Waals surface area contributed by atoms with Crippen molar-refractivity contribution in [3.8, 4) is 0 Å². The molecule has 0 aliphatic rings. The van der Waals surface area contributed by atoms with E-state index in [-0.39, 0.29) is 10.6 Å². The second-order valence-electron chi connectivity index (χ2n) is 3.90. The highest BCUT2D eigenvalue weighted by molar-refractivity contribution is 6.32. The number of aromatic amines is 1. The van der Waals surface area contributed by atoms with Gasteiger partial charge in [-0.3, -0.25) is 9.78 Å². The average Bonchev–Trinajstić information content (AvgIpc) is 2.44. The molecule has 0 fully saturated rings. The zero-order valence-corrected chi connectivity index (χ0v) is 10.5. The van der Waals surface area contributed by atoms with Crippen LogP contribution in [0.15, 0.2) is 47.7 Å². The summed E-state index contributed by atoms with van der Waals surface area (Å²) < 4.78 is 0. The van der Waals surface area contributed by atoms with E-state index < -0.39 is 0 Å². The van der Waals surface area contributed by atoms with Gasteiger partial charge >= 0.3 is 0 Å². The highest BCUT2D eigenvalue weighted by Crippen LogP contribution is 2.25. The van der Waals surface area contributed by atoms with Gasteiger partial charge in [-0.2, -0.15) is 0 Å². The Morgan fingerprint density at radius 2 is 2.00 bits per heavy atom. The van der Waals surface area contributed by atoms with E-state index in [1.54, 1.807) is 6.20 Å². The van der Waals surface area contributed by atoms with Crippen LogP contribution in [0.3, 0.4) is 0 Å². The minimum absolute atomic E-state index is 0.0236. The Bertz CT molecular complexity index is 795. The zero-order valence-electron chi connectivity index (χ0n) is 9.72. The number of benzene rings is 1. The first-order chi connectivity index (χ1) is 9.25. The number of hydrogen-bond donors (Lipinski definition) is 2. The highest BCUT2D eigenvalue weighted by atomic mass is 35.5. The van der Waals surface area contributed by atoms with Gasteiger partial charge in [-0.1, -0.05) is 29.8 Å². The van der Waals surface area contributed by atoms with Gasteiger partial charge in [0.05, 0.1) is 17.5 Å². The maximum atomic E-state index is 11.4. The van der Waals surface area contributed by atoms with Gasteiger partial charge in [0.2, 0.25) is 0 Å². The number of anilines is 2. The third-order valence-electron chi connectivity index (χ3n) is 2.68. The van der Waals surface area contributed by atoms with E-state index in [2.05, 4.69) is 20.3 Å². The summed E-state index contributed by atoms with van der Waals surface area (Å²) in [5.41, 5.74) is 1.16. The van der Waals surface area contributed by atoms with Gasteiger partial charge in [-0.25, -0.2) is 4.98 Å². The van der Waals surface area contributed by atoms with Crippen molar-refractivity contribution >= 4 is 34.0 Å². The number of H-pyrrole nitrogens is 1. The molecule has 94 valence electrons. The number of para-hydroxylation sites is 1. The molecule has 19 heavy (non-hydrogen) atoms. The highest BCUT2D eigenvalue weighted by Gasteiger charge is 2.08. The molecule has 3 aromatic rings. The van der Waals surface area contributed by atoms with Gasteiger partial charge in [0.25, 0.3) is 5.56 Å². The van der Waals surface area contributed by atoms with Gasteiger partial charge in [0, 0.05) is 11.6 Å². The predicted octanol–water partition coefficient (Wildman–Crippen LogP) is 2.72. The monoisotopic (exact) mass is 272 g/mol. The minimum atomic E-state index is -0.382. The summed E-state index contributed by atoms with van der Waals surface area (Å²) in [4.78, 5) is 22.1. The van der Waals surface area contributed by atoms with Crippen LogP contribution in [0, 0.1) is 0 Å². The first kappa shape index (κ1) is 11.7. The number of nitrogens with one attached hydrogen (secondary N) is 2. The zero-order chi connectivity index (χ0) is 13.2. The van der Waals surface area contributed by atoms with Crippen molar-refractivity contribution < 1.29 is 0 Å². The fourth-order valence-corrected chi connectivity index (χ4v) is 1.95. The van der Waals surface area contributed by atoms with Crippen molar-refractivity contribution in [1.82, 2.24) is 15.0 Å². The molecule has 2 N–H and O–H groups in total. The number of aromatic nitrogens is 3. The van der Waals surface area contributed by atoms with Crippen LogP contribution in [0.2, 0.25) is 5.02 Å². The van der Waals surface area contributed by atoms with E-state index in [9.17, 15) is 4.79 Å². The third kappa shape index (κ3) is 2.15. The van der Waals surface area contributed by atoms with Crippen LogP contribution in [-0.2, 0) is 0 Å². The summed E-state index contributed by atoms with van der Waals surface area (Å²) in [6.45, 7) is 0. The quantitative estimate of drug-likeness (QED) is 0.752. The van der Waals surface area contributed by atoms with E-state index in [0.29, 0.717) is 5.82 Å². The van der Waals surface area contributed by atoms with E-state index in [4.69, 9.17) is 11.6 Å². The molecule has 0 atom stereocenters. The van der Waals surface area contributed by atoms with E-state index in [1.807, 2.05) is 30.3 Å². The molecule has 1 aromatic carbocycles. The molecule has 0 aliphatic carbocycles. The molecule has 5 nitrogen and oxygen atoms in total. The molecular formula is C13H9ClN4O. The maximum absolute atomic E-state index is 11.4. The summed E-state index contributed by atoms with van der Waals surface area (Å²) in [6, 6.07) is 9.53. The molecule has 0 radical (unpaired) electrons. The van der Waals surface area contributed by atoms with E-state index in [0.717, 1.165) is 16.6 Å². The van der Waals surface area contributed by atoms with Crippen molar-refractivity contribution in [2.24, 2.45) is 0 Å². The van der Waals surface area contributed by atoms with E-state index >= 15 is 0 Å². The van der Waals surface area contributed by atoms with Gasteiger partial charge in [0.15, 0.2) is 5.82 Å². The van der Waals surface area contributed by atoms with Crippen LogP contribution in [0.5, 0.6) is 0 Å². The van der Waals surface area contributed by atoms with Crippen molar-refractivity contribution in [1.29, 1.82) is 0 Å². The molecule has 0 saturated heterocycles. The maximum Gasteiger partial charge on any atom is 0.271 e. The smallest absolute Gasteiger partial charge is 0.271 e. The van der Waals surface area contributed by atoms with Crippen LogP contribution < -0.4 is 10.9 Å². The van der Waals surface area contributed by atoms with Gasteiger partial charge in [0.1, 0.15) is 5.02 Å². The molecular weight excluding hydrogens is 264 g/mol. The number of rotatable bonds is 2. The Hall–Kier alpha value is -2.40. The fourth-order valence-electron chi connectivity index (χ4n) is 1.80. The first-order valence-electron chi connectivity index (χ1n) is 5.59. The Morgan fingerprint density at radius 1 is 1.16 bits per heavy atom. The van der Waals surface area contributed by atoms with Gasteiger partial charge < -0.3 is 10.3 Å². The summed E-state index contributed by atoms with van der Waals surface area (Å²) in [7, 11) is 0. The summed E-state index contributed by atoms with van der Waals surface area (Å²) in [5, 5.41) is 4.05. The lowest BCUT2D eigenvalue weighted by Crippen LogP contribution is -2.09. The number of pyridine rings is 1. The fraction of sp³-hybridized carbons (Fsp3) is 0. The largest absolute Gasteiger partial charge is 0.337 e. The normalized spacial score (nSPS) is 10.6. The number of fused-ring (bicyclic) bond motifs is 1. The van der Waals surface area contributed by atoms with Crippen LogP contribution >= 0.6 is 11.6 Å². The number of nitrogens with zero attached hydrogens (tertiary/aromatic N) is 2. The first-order valence-corrected chi connectivity index (χ1v) is 5.97. The Balaban J connectivity index is 2.11. The molecule has 0 amide bonds. The molecule has 0 unspecified atom stereocenters. The van der Waals surface area contributed by atoms with Crippen LogP contribution in [0.4, 0.5) is 11.5 Å². The molecule has 0 saturated carbocycles. The molecule has 0 spiro atoms. The molecule has 3 rings (SSSR count). The number of halogens is 1. The van der Waals surface area contributed by atoms with Crippen LogP contribution in [0.1, 0.15) is 0 Å². The van der Waals surface area contributed by atoms with E-state index in [1.165, 1.54) is 6.33 Å². The lowest BCUT2D eigenvalue weighted by Gasteiger charge is -2.08. The Kier molecular flexibility index (Phi) is 2.89. The SMILES string of the molecule is O=c1[nH]cnc(Nc2cccc3cccnc23)c1Cl. The third-order valence-corrected chi connectivity index (χ3v) is 3.03. The molecule has 2 aromatic heterocycles. The summed E-state index contributed by atoms with van der Waals surface area (Å²) >= 11 is 5.91.